The summed E-state index contributed by atoms with van der Waals surface area (Å²) in [5.41, 5.74) is 1.01. The Morgan fingerprint density at radius 1 is 1.44 bits per heavy atom. The smallest absolute Gasteiger partial charge is 0.113 e. The number of hydrogen-bond acceptors (Lipinski definition) is 4. The van der Waals surface area contributed by atoms with E-state index in [9.17, 15) is 0 Å². The van der Waals surface area contributed by atoms with Gasteiger partial charge < -0.3 is 14.8 Å². The summed E-state index contributed by atoms with van der Waals surface area (Å²) in [7, 11) is 0. The van der Waals surface area contributed by atoms with Crippen LogP contribution in [0.15, 0.2) is 24.5 Å². The van der Waals surface area contributed by atoms with E-state index in [0.717, 1.165) is 26.2 Å². The zero-order chi connectivity index (χ0) is 10.8. The number of hydrogen-bond donors (Lipinski definition) is 1. The van der Waals surface area contributed by atoms with Crippen molar-refractivity contribution < 1.29 is 9.47 Å². The molecular weight excluding hydrogens is 204 g/mol. The number of ether oxygens (including phenoxy) is 2. The lowest BCUT2D eigenvalue weighted by Crippen LogP contribution is -2.52. The predicted octanol–water partition coefficient (Wildman–Crippen LogP) is 0.902. The Kier molecular flexibility index (Phi) is 2.63. The van der Waals surface area contributed by atoms with E-state index < -0.39 is 0 Å². The summed E-state index contributed by atoms with van der Waals surface area (Å²) in [4.78, 5) is 4.18. The summed E-state index contributed by atoms with van der Waals surface area (Å²) in [5.74, 6) is 0. The first-order valence-corrected chi connectivity index (χ1v) is 5.76. The number of pyridine rings is 1. The minimum atomic E-state index is -0.179. The van der Waals surface area contributed by atoms with Gasteiger partial charge in [-0.1, -0.05) is 6.07 Å². The van der Waals surface area contributed by atoms with Crippen LogP contribution in [0.4, 0.5) is 0 Å². The number of rotatable bonds is 1. The molecule has 0 saturated carbocycles. The molecular formula is C12H16N2O2. The van der Waals surface area contributed by atoms with Crippen LogP contribution < -0.4 is 5.32 Å². The Morgan fingerprint density at radius 3 is 3.19 bits per heavy atom. The molecule has 0 aliphatic carbocycles. The van der Waals surface area contributed by atoms with Crippen LogP contribution in [0.25, 0.3) is 0 Å². The molecule has 0 bridgehead atoms. The first-order valence-electron chi connectivity index (χ1n) is 5.76. The van der Waals surface area contributed by atoms with Crippen LogP contribution in [0.5, 0.6) is 0 Å². The Labute approximate surface area is 95.0 Å². The molecule has 3 rings (SSSR count). The van der Waals surface area contributed by atoms with E-state index in [2.05, 4.69) is 16.4 Å². The molecule has 86 valence electrons. The second-order valence-corrected chi connectivity index (χ2v) is 4.39. The van der Waals surface area contributed by atoms with Crippen molar-refractivity contribution in [2.45, 2.75) is 18.1 Å². The highest BCUT2D eigenvalue weighted by molar-refractivity contribution is 5.20. The fourth-order valence-corrected chi connectivity index (χ4v) is 2.60. The highest BCUT2D eigenvalue weighted by Gasteiger charge is 2.46. The molecule has 0 aromatic carbocycles. The van der Waals surface area contributed by atoms with Crippen molar-refractivity contribution in [3.8, 4) is 0 Å². The summed E-state index contributed by atoms with van der Waals surface area (Å²) in [5, 5.41) is 3.52. The number of aromatic nitrogens is 1. The molecule has 16 heavy (non-hydrogen) atoms. The third kappa shape index (κ3) is 1.63. The second-order valence-electron chi connectivity index (χ2n) is 4.39. The number of nitrogens with one attached hydrogen (secondary N) is 1. The van der Waals surface area contributed by atoms with Crippen molar-refractivity contribution in [1.29, 1.82) is 0 Å². The summed E-state index contributed by atoms with van der Waals surface area (Å²) in [6.45, 7) is 3.12. The summed E-state index contributed by atoms with van der Waals surface area (Å²) in [6, 6.07) is 4.27. The van der Waals surface area contributed by atoms with E-state index in [0.29, 0.717) is 6.61 Å². The fourth-order valence-electron chi connectivity index (χ4n) is 2.60. The monoisotopic (exact) mass is 220 g/mol. The molecule has 2 saturated heterocycles. The van der Waals surface area contributed by atoms with Crippen LogP contribution in [-0.2, 0) is 9.47 Å². The van der Waals surface area contributed by atoms with Gasteiger partial charge in [0.25, 0.3) is 0 Å². The minimum Gasteiger partial charge on any atom is -0.378 e. The van der Waals surface area contributed by atoms with Gasteiger partial charge in [0.2, 0.25) is 0 Å². The van der Waals surface area contributed by atoms with E-state index in [-0.39, 0.29) is 11.6 Å². The maximum atomic E-state index is 5.98. The van der Waals surface area contributed by atoms with Gasteiger partial charge in [0.05, 0.1) is 19.3 Å². The molecule has 2 aliphatic rings. The van der Waals surface area contributed by atoms with Gasteiger partial charge in [0.1, 0.15) is 5.60 Å². The van der Waals surface area contributed by atoms with Gasteiger partial charge in [-0.2, -0.15) is 0 Å². The van der Waals surface area contributed by atoms with Crippen LogP contribution in [-0.4, -0.2) is 37.0 Å². The highest BCUT2D eigenvalue weighted by Crippen LogP contribution is 2.37. The van der Waals surface area contributed by atoms with E-state index in [1.54, 1.807) is 6.20 Å². The molecule has 1 aromatic rings. The molecule has 3 heterocycles. The zero-order valence-electron chi connectivity index (χ0n) is 9.19. The second kappa shape index (κ2) is 4.13. The van der Waals surface area contributed by atoms with Crippen molar-refractivity contribution in [2.24, 2.45) is 0 Å². The Balaban J connectivity index is 1.91. The Hall–Kier alpha value is -0.970. The van der Waals surface area contributed by atoms with Crippen molar-refractivity contribution >= 4 is 0 Å². The van der Waals surface area contributed by atoms with Gasteiger partial charge in [0, 0.05) is 32.0 Å². The van der Waals surface area contributed by atoms with Crippen LogP contribution in [0.2, 0.25) is 0 Å². The Bertz CT molecular complexity index is 349. The van der Waals surface area contributed by atoms with E-state index >= 15 is 0 Å². The van der Waals surface area contributed by atoms with Crippen LogP contribution in [0.1, 0.15) is 18.0 Å². The first kappa shape index (κ1) is 10.2. The van der Waals surface area contributed by atoms with E-state index in [4.69, 9.17) is 9.47 Å². The summed E-state index contributed by atoms with van der Waals surface area (Å²) in [6.07, 6.45) is 4.66. The lowest BCUT2D eigenvalue weighted by atomic mass is 9.87. The Morgan fingerprint density at radius 2 is 2.44 bits per heavy atom. The minimum absolute atomic E-state index is 0.179. The van der Waals surface area contributed by atoms with Gasteiger partial charge in [-0.05, 0) is 11.6 Å². The van der Waals surface area contributed by atoms with Gasteiger partial charge >= 0.3 is 0 Å². The average molecular weight is 220 g/mol. The zero-order valence-corrected chi connectivity index (χ0v) is 9.19. The van der Waals surface area contributed by atoms with Gasteiger partial charge in [0.15, 0.2) is 0 Å². The van der Waals surface area contributed by atoms with Crippen molar-refractivity contribution in [2.75, 3.05) is 26.4 Å². The van der Waals surface area contributed by atoms with Crippen molar-refractivity contribution in [3.05, 3.63) is 30.1 Å². The van der Waals surface area contributed by atoms with Crippen LogP contribution >= 0.6 is 0 Å². The molecule has 0 radical (unpaired) electrons. The molecule has 2 aliphatic heterocycles. The molecule has 2 unspecified atom stereocenters. The maximum absolute atomic E-state index is 5.98. The molecule has 4 nitrogen and oxygen atoms in total. The largest absolute Gasteiger partial charge is 0.378 e. The van der Waals surface area contributed by atoms with Crippen molar-refractivity contribution in [3.63, 3.8) is 0 Å². The quantitative estimate of drug-likeness (QED) is 0.763. The molecule has 1 aromatic heterocycles. The molecule has 0 amide bonds. The van der Waals surface area contributed by atoms with E-state index in [1.165, 1.54) is 5.56 Å². The molecule has 4 heteroatoms. The predicted molar refractivity (Wildman–Crippen MR) is 59.1 cm³/mol. The summed E-state index contributed by atoms with van der Waals surface area (Å²) < 4.78 is 11.5. The van der Waals surface area contributed by atoms with Crippen LogP contribution in [0.3, 0.4) is 0 Å². The van der Waals surface area contributed by atoms with Gasteiger partial charge in [-0.3, -0.25) is 4.98 Å². The normalized spacial score (nSPS) is 34.4. The van der Waals surface area contributed by atoms with E-state index in [1.807, 2.05) is 12.3 Å². The lowest BCUT2D eigenvalue weighted by Gasteiger charge is -2.41. The molecule has 2 atom stereocenters. The van der Waals surface area contributed by atoms with Crippen molar-refractivity contribution in [1.82, 2.24) is 10.3 Å². The topological polar surface area (TPSA) is 43.4 Å². The van der Waals surface area contributed by atoms with Gasteiger partial charge in [-0.25, -0.2) is 0 Å². The number of morpholine rings is 1. The SMILES string of the molecule is c1cncc(C2NCCOC23CCOC3)c1. The fraction of sp³-hybridized carbons (Fsp3) is 0.583. The van der Waals surface area contributed by atoms with Crippen LogP contribution in [0, 0.1) is 0 Å². The summed E-state index contributed by atoms with van der Waals surface area (Å²) >= 11 is 0. The lowest BCUT2D eigenvalue weighted by molar-refractivity contribution is -0.0989. The molecule has 1 spiro atoms. The average Bonchev–Trinajstić information content (AvgIpc) is 2.80. The number of nitrogens with zero attached hydrogens (tertiary/aromatic N) is 1. The maximum Gasteiger partial charge on any atom is 0.113 e. The first-order chi connectivity index (χ1) is 7.91. The highest BCUT2D eigenvalue weighted by atomic mass is 16.6. The standard InChI is InChI=1S/C12H16N2O2/c1-2-10(8-13-4-1)11-12(3-6-15-9-12)16-7-5-14-11/h1-2,4,8,11,14H,3,5-7,9H2. The molecule has 1 N–H and O–H groups in total. The van der Waals surface area contributed by atoms with Gasteiger partial charge in [-0.15, -0.1) is 0 Å². The third-order valence-corrected chi connectivity index (χ3v) is 3.40. The third-order valence-electron chi connectivity index (χ3n) is 3.40. The molecule has 2 fully saturated rings.